The van der Waals surface area contributed by atoms with Crippen molar-refractivity contribution < 1.29 is 28.2 Å². The topological polar surface area (TPSA) is 119 Å². The van der Waals surface area contributed by atoms with E-state index in [2.05, 4.69) is 9.79 Å². The van der Waals surface area contributed by atoms with Gasteiger partial charge in [-0.15, -0.1) is 0 Å². The highest BCUT2D eigenvalue weighted by Crippen LogP contribution is 2.19. The van der Waals surface area contributed by atoms with E-state index in [4.69, 9.17) is 13.9 Å². The van der Waals surface area contributed by atoms with Crippen LogP contribution in [0.2, 0.25) is 0 Å². The van der Waals surface area contributed by atoms with Crippen LogP contribution in [0.4, 0.5) is 0 Å². The maximum Gasteiger partial charge on any atom is 0.338 e. The summed E-state index contributed by atoms with van der Waals surface area (Å²) in [6.07, 6.45) is 0.487. The summed E-state index contributed by atoms with van der Waals surface area (Å²) in [5.74, 6) is 0.0955. The molecule has 0 saturated carbocycles. The summed E-state index contributed by atoms with van der Waals surface area (Å²) in [5.41, 5.74) is 0.871. The molecule has 142 valence electrons. The molecule has 0 aliphatic rings. The first kappa shape index (κ1) is 17.5. The van der Waals surface area contributed by atoms with E-state index in [-0.39, 0.29) is 28.1 Å². The number of esters is 1. The number of carbonyl (C=O) groups is 1. The molecular weight excluding hydrogens is 368 g/mol. The Balaban J connectivity index is 1.27. The number of rotatable bonds is 6. The third kappa shape index (κ3) is 3.63. The smallest absolute Gasteiger partial charge is 0.338 e. The Bertz CT molecular complexity index is 1210. The Kier molecular flexibility index (Phi) is 4.63. The van der Waals surface area contributed by atoms with Gasteiger partial charge in [0.1, 0.15) is 11.3 Å². The fourth-order valence-electron chi connectivity index (χ4n) is 2.64. The van der Waals surface area contributed by atoms with Crippen LogP contribution >= 0.6 is 0 Å². The van der Waals surface area contributed by atoms with Crippen molar-refractivity contribution in [2.75, 3.05) is 13.2 Å². The van der Waals surface area contributed by atoms with Crippen LogP contribution in [-0.4, -0.2) is 24.3 Å². The molecule has 0 aliphatic heterocycles. The van der Waals surface area contributed by atoms with Gasteiger partial charge >= 0.3 is 11.6 Å². The minimum Gasteiger partial charge on any atom is -0.493 e. The number of aromatic nitrogens is 2. The van der Waals surface area contributed by atoms with E-state index in [1.165, 1.54) is 24.3 Å². The van der Waals surface area contributed by atoms with Crippen LogP contribution in [-0.2, 0) is 4.74 Å². The number of ether oxygens (including phenoxy) is 2. The van der Waals surface area contributed by atoms with Gasteiger partial charge in [0.2, 0.25) is 11.0 Å². The van der Waals surface area contributed by atoms with Gasteiger partial charge in [-0.1, -0.05) is 0 Å². The molecule has 0 radical (unpaired) electrons. The van der Waals surface area contributed by atoms with E-state index in [9.17, 15) is 14.8 Å². The molecule has 2 aromatic carbocycles. The normalized spacial score (nSPS) is 11.0. The Labute approximate surface area is 157 Å². The predicted molar refractivity (Wildman–Crippen MR) is 95.8 cm³/mol. The second kappa shape index (κ2) is 7.39. The molecule has 9 heteroatoms. The van der Waals surface area contributed by atoms with Gasteiger partial charge in [-0.05, 0) is 41.3 Å². The molecule has 2 heterocycles. The first-order chi connectivity index (χ1) is 13.6. The van der Waals surface area contributed by atoms with Gasteiger partial charge in [0.05, 0.1) is 18.8 Å². The fourth-order valence-corrected chi connectivity index (χ4v) is 2.64. The largest absolute Gasteiger partial charge is 0.493 e. The number of hydrogen-bond donors (Lipinski definition) is 0. The molecule has 0 unspecified atom stereocenters. The minimum absolute atomic E-state index is 0.166. The molecule has 0 N–H and O–H groups in total. The van der Waals surface area contributed by atoms with Crippen molar-refractivity contribution in [3.05, 3.63) is 69.7 Å². The first-order valence-electron chi connectivity index (χ1n) is 8.43. The van der Waals surface area contributed by atoms with Crippen LogP contribution in [0.1, 0.15) is 16.8 Å². The quantitative estimate of drug-likeness (QED) is 0.215. The molecule has 0 fully saturated rings. The summed E-state index contributed by atoms with van der Waals surface area (Å²) < 4.78 is 20.3. The number of hydrogen-bond acceptors (Lipinski definition) is 8. The Hall–Kier alpha value is -3.88. The number of benzene rings is 2. The summed E-state index contributed by atoms with van der Waals surface area (Å²) in [5, 5.41) is 15.6. The van der Waals surface area contributed by atoms with Crippen molar-refractivity contribution in [1.82, 2.24) is 5.16 Å². The Morgan fingerprint density at radius 3 is 2.89 bits per heavy atom. The van der Waals surface area contributed by atoms with Crippen LogP contribution in [0.15, 0.2) is 62.4 Å². The van der Waals surface area contributed by atoms with E-state index in [0.29, 0.717) is 24.4 Å². The second-order valence-electron chi connectivity index (χ2n) is 5.93. The highest BCUT2D eigenvalue weighted by Gasteiger charge is 2.14. The van der Waals surface area contributed by atoms with Gasteiger partial charge in [0.15, 0.2) is 0 Å². The fraction of sp³-hybridized carbons (Fsp3) is 0.158. The molecule has 0 aliphatic carbocycles. The van der Waals surface area contributed by atoms with Crippen LogP contribution in [0, 0.1) is 5.21 Å². The monoisotopic (exact) mass is 382 g/mol. The predicted octanol–water partition coefficient (Wildman–Crippen LogP) is 2.19. The van der Waals surface area contributed by atoms with E-state index in [0.717, 1.165) is 5.39 Å². The molecule has 0 atom stereocenters. The maximum atomic E-state index is 12.1. The molecule has 2 aromatic heterocycles. The Morgan fingerprint density at radius 2 is 2.00 bits per heavy atom. The molecule has 0 bridgehead atoms. The highest BCUT2D eigenvalue weighted by molar-refractivity contribution is 5.92. The lowest BCUT2D eigenvalue weighted by atomic mass is 10.2. The SMILES string of the molecule is O=C(OCCCOc1ccc2oc(=O)ccc2c1)c1ccc2c(c1)no[n+]2[O-]. The van der Waals surface area contributed by atoms with Gasteiger partial charge in [0, 0.05) is 29.1 Å². The molecule has 0 amide bonds. The van der Waals surface area contributed by atoms with Crippen molar-refractivity contribution in [3.8, 4) is 5.75 Å². The standard InChI is InChI=1S/C19H14N2O7/c22-18-7-3-12-10-14(4-6-17(12)27-18)25-8-1-9-26-19(23)13-2-5-16-15(11-13)20-28-21(16)24/h2-7,10-11H,1,8-9H2. The zero-order valence-corrected chi connectivity index (χ0v) is 14.5. The number of fused-ring (bicyclic) bond motifs is 2. The molecule has 28 heavy (non-hydrogen) atoms. The Morgan fingerprint density at radius 1 is 1.11 bits per heavy atom. The van der Waals surface area contributed by atoms with Crippen molar-refractivity contribution in [3.63, 3.8) is 0 Å². The van der Waals surface area contributed by atoms with Gasteiger partial charge in [-0.2, -0.15) is 0 Å². The van der Waals surface area contributed by atoms with E-state index in [1.807, 2.05) is 0 Å². The van der Waals surface area contributed by atoms with Gasteiger partial charge in [-0.25, -0.2) is 9.59 Å². The van der Waals surface area contributed by atoms with Crippen LogP contribution < -0.4 is 15.3 Å². The first-order valence-corrected chi connectivity index (χ1v) is 8.43. The zero-order valence-electron chi connectivity index (χ0n) is 14.5. The van der Waals surface area contributed by atoms with E-state index in [1.54, 1.807) is 24.3 Å². The summed E-state index contributed by atoms with van der Waals surface area (Å²) in [4.78, 5) is 23.5. The maximum absolute atomic E-state index is 12.1. The van der Waals surface area contributed by atoms with E-state index >= 15 is 0 Å². The van der Waals surface area contributed by atoms with E-state index < -0.39 is 11.6 Å². The number of carbonyl (C=O) groups excluding carboxylic acids is 1. The summed E-state index contributed by atoms with van der Waals surface area (Å²) in [7, 11) is 0. The molecule has 0 saturated heterocycles. The molecule has 4 rings (SSSR count). The minimum atomic E-state index is -0.525. The average Bonchev–Trinajstić information content (AvgIpc) is 3.08. The third-order valence-electron chi connectivity index (χ3n) is 4.00. The van der Waals surface area contributed by atoms with Crippen molar-refractivity contribution >= 4 is 28.0 Å². The molecule has 4 aromatic rings. The second-order valence-corrected chi connectivity index (χ2v) is 5.93. The van der Waals surface area contributed by atoms with Gasteiger partial charge < -0.3 is 19.1 Å². The van der Waals surface area contributed by atoms with Crippen LogP contribution in [0.5, 0.6) is 5.75 Å². The van der Waals surface area contributed by atoms with Crippen molar-refractivity contribution in [2.24, 2.45) is 0 Å². The molecule has 0 spiro atoms. The average molecular weight is 382 g/mol. The summed E-state index contributed by atoms with van der Waals surface area (Å²) >= 11 is 0. The van der Waals surface area contributed by atoms with Crippen molar-refractivity contribution in [2.45, 2.75) is 6.42 Å². The third-order valence-corrected chi connectivity index (χ3v) is 4.00. The molecule has 9 nitrogen and oxygen atoms in total. The lowest BCUT2D eigenvalue weighted by molar-refractivity contribution is -0.782. The van der Waals surface area contributed by atoms with Crippen LogP contribution in [0.3, 0.4) is 0 Å². The van der Waals surface area contributed by atoms with Gasteiger partial charge in [-0.3, -0.25) is 4.63 Å². The highest BCUT2D eigenvalue weighted by atomic mass is 16.8. The zero-order chi connectivity index (χ0) is 19.5. The molecular formula is C19H14N2O7. The van der Waals surface area contributed by atoms with Gasteiger partial charge in [0.25, 0.3) is 0 Å². The summed E-state index contributed by atoms with van der Waals surface area (Å²) in [6.45, 7) is 0.508. The lowest BCUT2D eigenvalue weighted by Gasteiger charge is -2.08. The lowest BCUT2D eigenvalue weighted by Crippen LogP contribution is -2.22. The summed E-state index contributed by atoms with van der Waals surface area (Å²) in [6, 6.07) is 12.5. The number of nitrogens with zero attached hydrogens (tertiary/aromatic N) is 2. The van der Waals surface area contributed by atoms with Crippen molar-refractivity contribution in [1.29, 1.82) is 0 Å². The van der Waals surface area contributed by atoms with Crippen LogP contribution in [0.25, 0.3) is 22.0 Å².